The van der Waals surface area contributed by atoms with Crippen LogP contribution in [0.25, 0.3) is 0 Å². The highest BCUT2D eigenvalue weighted by Crippen LogP contribution is 2.44. The molecule has 138 valence electrons. The van der Waals surface area contributed by atoms with Gasteiger partial charge in [0.25, 0.3) is 0 Å². The second kappa shape index (κ2) is 8.26. The maximum atomic E-state index is 11.8. The molecule has 2 saturated heterocycles. The summed E-state index contributed by atoms with van der Waals surface area (Å²) in [5, 5.41) is 4.60. The van der Waals surface area contributed by atoms with E-state index in [4.69, 9.17) is 32.7 Å². The Morgan fingerprint density at radius 1 is 1.40 bits per heavy atom. The largest absolute Gasteiger partial charge is 0.466 e. The average Bonchev–Trinajstić information content (AvgIpc) is 3.21. The van der Waals surface area contributed by atoms with E-state index in [1.54, 1.807) is 0 Å². The molecule has 1 N–H and O–H groups in total. The van der Waals surface area contributed by atoms with Crippen LogP contribution in [0.3, 0.4) is 0 Å². The summed E-state index contributed by atoms with van der Waals surface area (Å²) in [7, 11) is 0. The van der Waals surface area contributed by atoms with Crippen molar-refractivity contribution in [3.63, 3.8) is 0 Å². The number of hydrogen-bond acceptors (Lipinski definition) is 4. The maximum absolute atomic E-state index is 11.8. The van der Waals surface area contributed by atoms with Gasteiger partial charge in [0, 0.05) is 19.0 Å². The van der Waals surface area contributed by atoms with Crippen LogP contribution in [0, 0.1) is 0 Å². The molecule has 2 bridgehead atoms. The molecule has 0 saturated carbocycles. The van der Waals surface area contributed by atoms with Gasteiger partial charge in [0.15, 0.2) is 0 Å². The zero-order chi connectivity index (χ0) is 17.9. The Kier molecular flexibility index (Phi) is 6.26. The Hall–Kier alpha value is -0.810. The molecule has 0 aromatic heterocycles. The minimum absolute atomic E-state index is 0.147. The van der Waals surface area contributed by atoms with E-state index >= 15 is 0 Å². The van der Waals surface area contributed by atoms with Crippen molar-refractivity contribution in [3.05, 3.63) is 33.3 Å². The molecule has 2 aliphatic heterocycles. The van der Waals surface area contributed by atoms with E-state index in [1.807, 2.05) is 12.1 Å². The third kappa shape index (κ3) is 4.13. The zero-order valence-corrected chi connectivity index (χ0v) is 16.1. The Labute approximate surface area is 159 Å². The lowest BCUT2D eigenvalue weighted by Crippen LogP contribution is -2.38. The van der Waals surface area contributed by atoms with Crippen LogP contribution in [-0.4, -0.2) is 31.8 Å². The first-order valence-electron chi connectivity index (χ1n) is 9.06. The van der Waals surface area contributed by atoms with Gasteiger partial charge < -0.3 is 14.8 Å². The molecule has 0 radical (unpaired) electrons. The number of carbonyl (C=O) groups is 1. The fourth-order valence-corrected chi connectivity index (χ4v) is 4.13. The summed E-state index contributed by atoms with van der Waals surface area (Å²) in [6, 6.07) is 4.28. The predicted molar refractivity (Wildman–Crippen MR) is 99.3 cm³/mol. The number of benzene rings is 1. The summed E-state index contributed by atoms with van der Waals surface area (Å²) < 4.78 is 11.3. The molecule has 0 spiro atoms. The average molecular weight is 386 g/mol. The van der Waals surface area contributed by atoms with Crippen LogP contribution in [0.2, 0.25) is 10.0 Å². The smallest absolute Gasteiger partial charge is 0.305 e. The SMILES string of the molecule is CCCCOC(=O)CCCc1c(C23CNC(CO2)C3)ccc(Cl)c1Cl. The van der Waals surface area contributed by atoms with Gasteiger partial charge in [-0.05, 0) is 42.9 Å². The van der Waals surface area contributed by atoms with E-state index in [0.717, 1.165) is 43.5 Å². The molecule has 2 unspecified atom stereocenters. The van der Waals surface area contributed by atoms with Gasteiger partial charge in [-0.3, -0.25) is 4.79 Å². The van der Waals surface area contributed by atoms with Crippen molar-refractivity contribution in [3.8, 4) is 0 Å². The van der Waals surface area contributed by atoms with Crippen molar-refractivity contribution in [2.45, 2.75) is 57.1 Å². The summed E-state index contributed by atoms with van der Waals surface area (Å²) in [6.45, 7) is 4.09. The molecule has 0 amide bonds. The van der Waals surface area contributed by atoms with E-state index in [9.17, 15) is 4.79 Å². The minimum Gasteiger partial charge on any atom is -0.466 e. The van der Waals surface area contributed by atoms with E-state index < -0.39 is 0 Å². The highest BCUT2D eigenvalue weighted by molar-refractivity contribution is 6.42. The molecule has 2 atom stereocenters. The van der Waals surface area contributed by atoms with Crippen molar-refractivity contribution >= 4 is 29.2 Å². The van der Waals surface area contributed by atoms with Crippen LogP contribution in [-0.2, 0) is 26.3 Å². The molecule has 25 heavy (non-hydrogen) atoms. The highest BCUT2D eigenvalue weighted by atomic mass is 35.5. The molecular formula is C19H25Cl2NO3. The van der Waals surface area contributed by atoms with Gasteiger partial charge >= 0.3 is 5.97 Å². The molecule has 6 heteroatoms. The normalized spacial score (nSPS) is 24.7. The molecule has 1 aromatic carbocycles. The molecule has 0 aliphatic carbocycles. The Morgan fingerprint density at radius 2 is 2.24 bits per heavy atom. The first-order valence-corrected chi connectivity index (χ1v) is 9.81. The number of halogens is 2. The van der Waals surface area contributed by atoms with Crippen molar-refractivity contribution in [2.24, 2.45) is 0 Å². The van der Waals surface area contributed by atoms with E-state index in [-0.39, 0.29) is 11.6 Å². The van der Waals surface area contributed by atoms with Crippen LogP contribution in [0.1, 0.15) is 50.2 Å². The number of rotatable bonds is 8. The van der Waals surface area contributed by atoms with Crippen LogP contribution in [0.4, 0.5) is 0 Å². The first-order chi connectivity index (χ1) is 12.1. The fourth-order valence-electron chi connectivity index (χ4n) is 3.70. The Bertz CT molecular complexity index is 627. The summed E-state index contributed by atoms with van der Waals surface area (Å²) in [5.41, 5.74) is 1.80. The topological polar surface area (TPSA) is 47.6 Å². The van der Waals surface area contributed by atoms with E-state index in [2.05, 4.69) is 12.2 Å². The second-order valence-electron chi connectivity index (χ2n) is 6.90. The number of hydrogen-bond donors (Lipinski definition) is 1. The van der Waals surface area contributed by atoms with E-state index in [1.165, 1.54) is 0 Å². The molecule has 2 heterocycles. The lowest BCUT2D eigenvalue weighted by Gasteiger charge is -2.30. The molecular weight excluding hydrogens is 361 g/mol. The van der Waals surface area contributed by atoms with Gasteiger partial charge in [-0.2, -0.15) is 0 Å². The minimum atomic E-state index is -0.310. The number of ether oxygens (including phenoxy) is 2. The van der Waals surface area contributed by atoms with Gasteiger partial charge in [-0.25, -0.2) is 0 Å². The highest BCUT2D eigenvalue weighted by Gasteiger charge is 2.48. The number of esters is 1. The standard InChI is InChI=1S/C19H25Cl2NO3/c1-2-3-9-24-17(23)6-4-5-14-15(7-8-16(20)18(14)21)19-10-13(11-25-19)22-12-19/h7-8,13,22H,2-6,9-12H2,1H3. The van der Waals surface area contributed by atoms with Gasteiger partial charge in [0.2, 0.25) is 0 Å². The third-order valence-electron chi connectivity index (χ3n) is 5.07. The van der Waals surface area contributed by atoms with Gasteiger partial charge in [0.05, 0.1) is 23.3 Å². The first kappa shape index (κ1) is 19.0. The summed E-state index contributed by atoms with van der Waals surface area (Å²) in [5.74, 6) is -0.147. The van der Waals surface area contributed by atoms with Gasteiger partial charge in [0.1, 0.15) is 5.60 Å². The molecule has 2 aliphatic rings. The van der Waals surface area contributed by atoms with Crippen molar-refractivity contribution in [1.82, 2.24) is 5.32 Å². The summed E-state index contributed by atoms with van der Waals surface area (Å²) in [4.78, 5) is 11.8. The second-order valence-corrected chi connectivity index (χ2v) is 7.69. The van der Waals surface area contributed by atoms with Crippen LogP contribution >= 0.6 is 23.2 Å². The summed E-state index contributed by atoms with van der Waals surface area (Å²) >= 11 is 12.7. The Balaban J connectivity index is 1.68. The molecule has 2 fully saturated rings. The lowest BCUT2D eigenvalue weighted by atomic mass is 9.87. The third-order valence-corrected chi connectivity index (χ3v) is 5.91. The zero-order valence-electron chi connectivity index (χ0n) is 14.6. The quantitative estimate of drug-likeness (QED) is 0.536. The Morgan fingerprint density at radius 3 is 2.88 bits per heavy atom. The van der Waals surface area contributed by atoms with Crippen molar-refractivity contribution in [1.29, 1.82) is 0 Å². The van der Waals surface area contributed by atoms with Crippen molar-refractivity contribution in [2.75, 3.05) is 19.8 Å². The van der Waals surface area contributed by atoms with Gasteiger partial charge in [-0.1, -0.05) is 42.6 Å². The predicted octanol–water partition coefficient (Wildman–Crippen LogP) is 4.25. The lowest BCUT2D eigenvalue weighted by molar-refractivity contribution is -0.143. The summed E-state index contributed by atoms with van der Waals surface area (Å²) in [6.07, 6.45) is 4.64. The van der Waals surface area contributed by atoms with E-state index in [0.29, 0.717) is 42.0 Å². The van der Waals surface area contributed by atoms with Gasteiger partial charge in [-0.15, -0.1) is 0 Å². The molecule has 4 nitrogen and oxygen atoms in total. The number of morpholine rings is 1. The molecule has 3 rings (SSSR count). The monoisotopic (exact) mass is 385 g/mol. The maximum Gasteiger partial charge on any atom is 0.305 e. The number of fused-ring (bicyclic) bond motifs is 2. The number of nitrogens with one attached hydrogen (secondary N) is 1. The molecule has 1 aromatic rings. The van der Waals surface area contributed by atoms with Crippen LogP contribution < -0.4 is 5.32 Å². The van der Waals surface area contributed by atoms with Crippen LogP contribution in [0.15, 0.2) is 12.1 Å². The van der Waals surface area contributed by atoms with Crippen molar-refractivity contribution < 1.29 is 14.3 Å². The number of unbranched alkanes of at least 4 members (excludes halogenated alkanes) is 1. The fraction of sp³-hybridized carbons (Fsp3) is 0.632. The number of carbonyl (C=O) groups excluding carboxylic acids is 1. The van der Waals surface area contributed by atoms with Crippen LogP contribution in [0.5, 0.6) is 0 Å².